The Morgan fingerprint density at radius 2 is 1.96 bits per heavy atom. The summed E-state index contributed by atoms with van der Waals surface area (Å²) in [6.07, 6.45) is -1.03. The summed E-state index contributed by atoms with van der Waals surface area (Å²) in [4.78, 5) is 27.5. The number of hydrogen-bond acceptors (Lipinski definition) is 7. The first kappa shape index (κ1) is 18.3. The molecule has 0 aliphatic heterocycles. The van der Waals surface area contributed by atoms with Crippen molar-refractivity contribution in [3.63, 3.8) is 0 Å². The van der Waals surface area contributed by atoms with E-state index in [9.17, 15) is 9.59 Å². The van der Waals surface area contributed by atoms with Crippen LogP contribution in [0.25, 0.3) is 10.9 Å². The molecule has 0 saturated carbocycles. The van der Waals surface area contributed by atoms with Crippen molar-refractivity contribution >= 4 is 28.6 Å². The maximum absolute atomic E-state index is 12.4. The van der Waals surface area contributed by atoms with Gasteiger partial charge in [0, 0.05) is 17.5 Å². The maximum atomic E-state index is 12.4. The number of esters is 1. The van der Waals surface area contributed by atoms with Crippen LogP contribution in [-0.2, 0) is 9.53 Å². The van der Waals surface area contributed by atoms with E-state index in [0.717, 1.165) is 0 Å². The van der Waals surface area contributed by atoms with Gasteiger partial charge in [-0.05, 0) is 26.0 Å². The largest absolute Gasteiger partial charge is 0.497 e. The van der Waals surface area contributed by atoms with Crippen molar-refractivity contribution in [2.45, 2.75) is 20.0 Å². The Kier molecular flexibility index (Phi) is 5.02. The third kappa shape index (κ3) is 3.86. The first-order chi connectivity index (χ1) is 12.9. The number of fused-ring (bicyclic) bond motifs is 1. The fourth-order valence-corrected chi connectivity index (χ4v) is 2.50. The predicted octanol–water partition coefficient (Wildman–Crippen LogP) is 2.67. The Balaban J connectivity index is 1.74. The number of nitrogens with one attached hydrogen (secondary N) is 2. The van der Waals surface area contributed by atoms with Gasteiger partial charge in [0.25, 0.3) is 5.91 Å². The number of anilines is 1. The average molecular weight is 373 g/mol. The summed E-state index contributed by atoms with van der Waals surface area (Å²) < 4.78 is 20.6. The number of aryl methyl sites for hydroxylation is 1. The summed E-state index contributed by atoms with van der Waals surface area (Å²) in [5.74, 6) is 0.725. The second kappa shape index (κ2) is 7.40. The van der Waals surface area contributed by atoms with Crippen molar-refractivity contribution in [3.8, 4) is 11.5 Å². The lowest BCUT2D eigenvalue weighted by molar-refractivity contribution is -0.123. The summed E-state index contributed by atoms with van der Waals surface area (Å²) in [6.45, 7) is 3.16. The smallest absolute Gasteiger partial charge is 0.355 e. The molecule has 2 heterocycles. The van der Waals surface area contributed by atoms with Gasteiger partial charge in [-0.15, -0.1) is 0 Å². The molecule has 27 heavy (non-hydrogen) atoms. The first-order valence-electron chi connectivity index (χ1n) is 8.11. The second-order valence-electron chi connectivity index (χ2n) is 5.84. The molecule has 0 fully saturated rings. The Labute approximate surface area is 154 Å². The molecule has 1 aromatic carbocycles. The highest BCUT2D eigenvalue weighted by molar-refractivity contribution is 5.99. The van der Waals surface area contributed by atoms with Gasteiger partial charge in [-0.2, -0.15) is 0 Å². The van der Waals surface area contributed by atoms with E-state index in [-0.39, 0.29) is 11.5 Å². The molecule has 2 aromatic heterocycles. The number of carbonyl (C=O) groups excluding carboxylic acids is 2. The molecule has 0 aliphatic carbocycles. The fourth-order valence-electron chi connectivity index (χ4n) is 2.50. The van der Waals surface area contributed by atoms with Gasteiger partial charge >= 0.3 is 5.97 Å². The third-order valence-corrected chi connectivity index (χ3v) is 3.87. The summed E-state index contributed by atoms with van der Waals surface area (Å²) in [7, 11) is 3.06. The molecular formula is C18H19N3O6. The van der Waals surface area contributed by atoms with Crippen LogP contribution < -0.4 is 14.8 Å². The summed E-state index contributed by atoms with van der Waals surface area (Å²) in [5, 5.41) is 6.89. The summed E-state index contributed by atoms with van der Waals surface area (Å²) in [5.41, 5.74) is 0.814. The topological polar surface area (TPSA) is 116 Å². The number of amides is 1. The van der Waals surface area contributed by atoms with Crippen LogP contribution in [0.3, 0.4) is 0 Å². The normalized spacial score (nSPS) is 11.9. The van der Waals surface area contributed by atoms with Gasteiger partial charge in [-0.25, -0.2) is 4.79 Å². The number of H-pyrrole nitrogens is 1. The van der Waals surface area contributed by atoms with Crippen molar-refractivity contribution in [3.05, 3.63) is 35.7 Å². The Morgan fingerprint density at radius 1 is 1.19 bits per heavy atom. The molecule has 3 aromatic rings. The van der Waals surface area contributed by atoms with Crippen LogP contribution in [-0.4, -0.2) is 42.3 Å². The number of rotatable bonds is 6. The molecule has 0 radical (unpaired) electrons. The molecule has 142 valence electrons. The van der Waals surface area contributed by atoms with Crippen molar-refractivity contribution in [1.82, 2.24) is 10.1 Å². The summed E-state index contributed by atoms with van der Waals surface area (Å²) in [6, 6.07) is 6.62. The zero-order valence-corrected chi connectivity index (χ0v) is 15.3. The number of carbonyl (C=O) groups is 2. The zero-order valence-electron chi connectivity index (χ0n) is 15.3. The van der Waals surface area contributed by atoms with Crippen LogP contribution >= 0.6 is 0 Å². The maximum Gasteiger partial charge on any atom is 0.355 e. The van der Waals surface area contributed by atoms with Crippen LogP contribution in [0.2, 0.25) is 0 Å². The van der Waals surface area contributed by atoms with E-state index >= 15 is 0 Å². The number of ether oxygens (including phenoxy) is 3. The van der Waals surface area contributed by atoms with Gasteiger partial charge < -0.3 is 29.0 Å². The minimum atomic E-state index is -1.03. The molecule has 1 amide bonds. The van der Waals surface area contributed by atoms with Crippen molar-refractivity contribution < 1.29 is 28.3 Å². The van der Waals surface area contributed by atoms with Gasteiger partial charge in [-0.1, -0.05) is 5.16 Å². The van der Waals surface area contributed by atoms with Gasteiger partial charge in [0.15, 0.2) is 11.9 Å². The molecule has 1 atom stereocenters. The van der Waals surface area contributed by atoms with E-state index in [0.29, 0.717) is 28.2 Å². The van der Waals surface area contributed by atoms with Crippen molar-refractivity contribution in [1.29, 1.82) is 0 Å². The quantitative estimate of drug-likeness (QED) is 0.638. The molecule has 0 bridgehead atoms. The highest BCUT2D eigenvalue weighted by atomic mass is 16.5. The van der Waals surface area contributed by atoms with E-state index in [1.165, 1.54) is 14.0 Å². The average Bonchev–Trinajstić information content (AvgIpc) is 3.26. The number of aromatic nitrogens is 2. The SMILES string of the molecule is COc1cc(OC)c2[nH]c(C(=O)OC(C)C(=O)Nc3cc(C)on3)cc2c1. The van der Waals surface area contributed by atoms with Crippen LogP contribution in [0.15, 0.2) is 28.8 Å². The van der Waals surface area contributed by atoms with E-state index in [2.05, 4.69) is 15.5 Å². The summed E-state index contributed by atoms with van der Waals surface area (Å²) >= 11 is 0. The van der Waals surface area contributed by atoms with Crippen molar-refractivity contribution in [2.75, 3.05) is 19.5 Å². The Hall–Kier alpha value is -3.49. The van der Waals surface area contributed by atoms with Gasteiger partial charge in [-0.3, -0.25) is 4.79 Å². The molecule has 0 spiro atoms. The van der Waals surface area contributed by atoms with E-state index in [1.807, 2.05) is 0 Å². The lowest BCUT2D eigenvalue weighted by atomic mass is 10.2. The number of benzene rings is 1. The van der Waals surface area contributed by atoms with Crippen LogP contribution in [0.1, 0.15) is 23.2 Å². The zero-order chi connectivity index (χ0) is 19.6. The van der Waals surface area contributed by atoms with Crippen LogP contribution in [0.4, 0.5) is 5.82 Å². The predicted molar refractivity (Wildman–Crippen MR) is 96.1 cm³/mol. The van der Waals surface area contributed by atoms with E-state index < -0.39 is 18.0 Å². The molecular weight excluding hydrogens is 354 g/mol. The molecule has 2 N–H and O–H groups in total. The Morgan fingerprint density at radius 3 is 2.59 bits per heavy atom. The van der Waals surface area contributed by atoms with Crippen LogP contribution in [0, 0.1) is 6.92 Å². The number of nitrogens with zero attached hydrogens (tertiary/aromatic N) is 1. The third-order valence-electron chi connectivity index (χ3n) is 3.87. The van der Waals surface area contributed by atoms with Gasteiger partial charge in [0.05, 0.1) is 19.7 Å². The standard InChI is InChI=1S/C18H19N3O6/c1-9-5-15(21-27-9)20-17(22)10(2)26-18(23)13-7-11-6-12(24-3)8-14(25-4)16(11)19-13/h5-8,10,19H,1-4H3,(H,20,21,22). The highest BCUT2D eigenvalue weighted by Crippen LogP contribution is 2.31. The molecule has 9 nitrogen and oxygen atoms in total. The molecule has 3 rings (SSSR count). The molecule has 0 aliphatic rings. The fraction of sp³-hybridized carbons (Fsp3) is 0.278. The number of methoxy groups -OCH3 is 2. The molecule has 0 saturated heterocycles. The van der Waals surface area contributed by atoms with Crippen LogP contribution in [0.5, 0.6) is 11.5 Å². The monoisotopic (exact) mass is 373 g/mol. The number of hydrogen-bond donors (Lipinski definition) is 2. The lowest BCUT2D eigenvalue weighted by Gasteiger charge is -2.11. The second-order valence-corrected chi connectivity index (χ2v) is 5.84. The minimum absolute atomic E-state index is 0.188. The van der Waals surface area contributed by atoms with Gasteiger partial charge in [0.1, 0.15) is 23.0 Å². The Bertz CT molecular complexity index is 990. The minimum Gasteiger partial charge on any atom is -0.497 e. The lowest BCUT2D eigenvalue weighted by Crippen LogP contribution is -2.30. The van der Waals surface area contributed by atoms with Crippen molar-refractivity contribution in [2.24, 2.45) is 0 Å². The highest BCUT2D eigenvalue weighted by Gasteiger charge is 2.22. The van der Waals surface area contributed by atoms with E-state index in [4.69, 9.17) is 18.7 Å². The molecule has 9 heteroatoms. The first-order valence-corrected chi connectivity index (χ1v) is 8.11. The number of aromatic amines is 1. The molecule has 1 unspecified atom stereocenters. The van der Waals surface area contributed by atoms with E-state index in [1.54, 1.807) is 38.3 Å². The van der Waals surface area contributed by atoms with Gasteiger partial charge in [0.2, 0.25) is 0 Å².